The van der Waals surface area contributed by atoms with Gasteiger partial charge in [0.25, 0.3) is 0 Å². The van der Waals surface area contributed by atoms with Gasteiger partial charge in [-0.2, -0.15) is 0 Å². The maximum Gasteiger partial charge on any atom is 0.00263 e. The standard InChI is InChI=1S/C17H16/c1-12-10-16-11-15(8-9-17(16)13(12)2)14-6-4-3-5-7-14/h3-11,13H,1-2H3. The molecule has 0 aromatic heterocycles. The lowest BCUT2D eigenvalue weighted by atomic mass is 9.96. The molecule has 0 fully saturated rings. The van der Waals surface area contributed by atoms with Crippen LogP contribution in [0.15, 0.2) is 54.1 Å². The monoisotopic (exact) mass is 220 g/mol. The molecule has 2 aromatic carbocycles. The fourth-order valence-electron chi connectivity index (χ4n) is 2.52. The lowest BCUT2D eigenvalue weighted by Gasteiger charge is -2.09. The van der Waals surface area contributed by atoms with Crippen molar-refractivity contribution >= 4 is 6.08 Å². The third-order valence-corrected chi connectivity index (χ3v) is 3.73. The van der Waals surface area contributed by atoms with Gasteiger partial charge in [0, 0.05) is 5.92 Å². The number of hydrogen-bond acceptors (Lipinski definition) is 0. The Morgan fingerprint density at radius 1 is 0.882 bits per heavy atom. The van der Waals surface area contributed by atoms with E-state index in [2.05, 4.69) is 68.5 Å². The van der Waals surface area contributed by atoms with E-state index >= 15 is 0 Å². The molecule has 1 aliphatic rings. The van der Waals surface area contributed by atoms with E-state index in [1.54, 1.807) is 0 Å². The minimum Gasteiger partial charge on any atom is -0.0655 e. The zero-order chi connectivity index (χ0) is 11.8. The molecule has 0 N–H and O–H groups in total. The molecule has 0 spiro atoms. The molecule has 0 radical (unpaired) electrons. The van der Waals surface area contributed by atoms with Crippen LogP contribution >= 0.6 is 0 Å². The van der Waals surface area contributed by atoms with E-state index in [1.165, 1.54) is 27.8 Å². The summed E-state index contributed by atoms with van der Waals surface area (Å²) in [5.41, 5.74) is 6.91. The lowest BCUT2D eigenvalue weighted by molar-refractivity contribution is 0.922. The van der Waals surface area contributed by atoms with Crippen molar-refractivity contribution < 1.29 is 0 Å². The molecule has 1 unspecified atom stereocenters. The summed E-state index contributed by atoms with van der Waals surface area (Å²) >= 11 is 0. The number of fused-ring (bicyclic) bond motifs is 1. The van der Waals surface area contributed by atoms with Crippen molar-refractivity contribution in [1.29, 1.82) is 0 Å². The topological polar surface area (TPSA) is 0 Å². The van der Waals surface area contributed by atoms with E-state index in [1.807, 2.05) is 0 Å². The van der Waals surface area contributed by atoms with Gasteiger partial charge in [0.05, 0.1) is 0 Å². The van der Waals surface area contributed by atoms with Gasteiger partial charge in [-0.1, -0.05) is 61.0 Å². The molecule has 0 heteroatoms. The minimum absolute atomic E-state index is 0.579. The highest BCUT2D eigenvalue weighted by Crippen LogP contribution is 2.37. The highest BCUT2D eigenvalue weighted by molar-refractivity contribution is 5.73. The summed E-state index contributed by atoms with van der Waals surface area (Å²) in [5, 5.41) is 0. The normalized spacial score (nSPS) is 17.8. The van der Waals surface area contributed by atoms with Gasteiger partial charge in [-0.15, -0.1) is 0 Å². The number of rotatable bonds is 1. The molecule has 1 atom stereocenters. The largest absolute Gasteiger partial charge is 0.0655 e. The summed E-state index contributed by atoms with van der Waals surface area (Å²) in [5.74, 6) is 0.579. The second-order valence-corrected chi connectivity index (χ2v) is 4.82. The molecule has 3 rings (SSSR count). The van der Waals surface area contributed by atoms with E-state index in [4.69, 9.17) is 0 Å². The summed E-state index contributed by atoms with van der Waals surface area (Å²) in [6.07, 6.45) is 2.31. The smallest absolute Gasteiger partial charge is 0.00263 e. The van der Waals surface area contributed by atoms with Crippen molar-refractivity contribution in [3.8, 4) is 11.1 Å². The number of allylic oxidation sites excluding steroid dienone is 1. The summed E-state index contributed by atoms with van der Waals surface area (Å²) in [6.45, 7) is 4.49. The molecule has 1 aliphatic carbocycles. The molecule has 84 valence electrons. The zero-order valence-corrected chi connectivity index (χ0v) is 10.3. The summed E-state index contributed by atoms with van der Waals surface area (Å²) in [4.78, 5) is 0. The first-order valence-corrected chi connectivity index (χ1v) is 6.13. The van der Waals surface area contributed by atoms with Gasteiger partial charge in [-0.3, -0.25) is 0 Å². The summed E-state index contributed by atoms with van der Waals surface area (Å²) < 4.78 is 0. The molecular formula is C17H16. The van der Waals surface area contributed by atoms with Gasteiger partial charge < -0.3 is 0 Å². The van der Waals surface area contributed by atoms with Crippen molar-refractivity contribution in [3.63, 3.8) is 0 Å². The van der Waals surface area contributed by atoms with Crippen LogP contribution in [0.3, 0.4) is 0 Å². The van der Waals surface area contributed by atoms with Crippen LogP contribution in [-0.2, 0) is 0 Å². The Labute approximate surface area is 103 Å². The molecule has 0 aliphatic heterocycles. The van der Waals surface area contributed by atoms with Crippen LogP contribution in [0.1, 0.15) is 30.9 Å². The molecule has 0 saturated heterocycles. The highest BCUT2D eigenvalue weighted by atomic mass is 14.2. The Morgan fingerprint density at radius 2 is 1.65 bits per heavy atom. The first-order valence-electron chi connectivity index (χ1n) is 6.13. The first kappa shape index (κ1) is 10.3. The Balaban J connectivity index is 2.09. The van der Waals surface area contributed by atoms with Crippen LogP contribution in [0.4, 0.5) is 0 Å². The summed E-state index contributed by atoms with van der Waals surface area (Å²) in [6, 6.07) is 17.4. The highest BCUT2D eigenvalue weighted by Gasteiger charge is 2.18. The third-order valence-electron chi connectivity index (χ3n) is 3.73. The van der Waals surface area contributed by atoms with Crippen LogP contribution < -0.4 is 0 Å². The Bertz CT molecular complexity index is 576. The second kappa shape index (κ2) is 3.89. The van der Waals surface area contributed by atoms with E-state index in [9.17, 15) is 0 Å². The molecule has 0 amide bonds. The summed E-state index contributed by atoms with van der Waals surface area (Å²) in [7, 11) is 0. The zero-order valence-electron chi connectivity index (χ0n) is 10.3. The van der Waals surface area contributed by atoms with E-state index < -0.39 is 0 Å². The van der Waals surface area contributed by atoms with Gasteiger partial charge in [0.15, 0.2) is 0 Å². The van der Waals surface area contributed by atoms with E-state index in [0.717, 1.165) is 0 Å². The SMILES string of the molecule is CC1=Cc2cc(-c3ccccc3)ccc2C1C. The van der Waals surface area contributed by atoms with Gasteiger partial charge in [-0.25, -0.2) is 0 Å². The number of benzene rings is 2. The van der Waals surface area contributed by atoms with Crippen molar-refractivity contribution in [2.24, 2.45) is 0 Å². The second-order valence-electron chi connectivity index (χ2n) is 4.82. The molecule has 0 saturated carbocycles. The first-order chi connectivity index (χ1) is 8.25. The molecule has 0 heterocycles. The Kier molecular flexibility index (Phi) is 2.36. The maximum absolute atomic E-state index is 2.31. The third kappa shape index (κ3) is 1.70. The van der Waals surface area contributed by atoms with Gasteiger partial charge >= 0.3 is 0 Å². The Morgan fingerprint density at radius 3 is 2.41 bits per heavy atom. The average Bonchev–Trinajstić information content (AvgIpc) is 2.66. The molecule has 2 aromatic rings. The van der Waals surface area contributed by atoms with Crippen molar-refractivity contribution in [2.75, 3.05) is 0 Å². The van der Waals surface area contributed by atoms with Gasteiger partial charge in [0.1, 0.15) is 0 Å². The minimum atomic E-state index is 0.579. The Hall–Kier alpha value is -1.82. The molecule has 0 bridgehead atoms. The maximum atomic E-state index is 2.31. The van der Waals surface area contributed by atoms with E-state index in [0.29, 0.717) is 5.92 Å². The van der Waals surface area contributed by atoms with Crippen molar-refractivity contribution in [2.45, 2.75) is 19.8 Å². The van der Waals surface area contributed by atoms with E-state index in [-0.39, 0.29) is 0 Å². The molecule has 0 nitrogen and oxygen atoms in total. The van der Waals surface area contributed by atoms with Gasteiger partial charge in [0.2, 0.25) is 0 Å². The van der Waals surface area contributed by atoms with Crippen LogP contribution in [0, 0.1) is 0 Å². The predicted molar refractivity (Wildman–Crippen MR) is 73.9 cm³/mol. The lowest BCUT2D eigenvalue weighted by Crippen LogP contribution is -1.90. The average molecular weight is 220 g/mol. The number of hydrogen-bond donors (Lipinski definition) is 0. The molecule has 17 heavy (non-hydrogen) atoms. The van der Waals surface area contributed by atoms with Gasteiger partial charge in [-0.05, 0) is 35.2 Å². The van der Waals surface area contributed by atoms with Crippen LogP contribution in [0.5, 0.6) is 0 Å². The van der Waals surface area contributed by atoms with Crippen molar-refractivity contribution in [3.05, 3.63) is 65.2 Å². The fraction of sp³-hybridized carbons (Fsp3) is 0.176. The predicted octanol–water partition coefficient (Wildman–Crippen LogP) is 4.87. The molecular weight excluding hydrogens is 204 g/mol. The van der Waals surface area contributed by atoms with Crippen LogP contribution in [0.2, 0.25) is 0 Å². The fourth-order valence-corrected chi connectivity index (χ4v) is 2.52. The van der Waals surface area contributed by atoms with Crippen LogP contribution in [0.25, 0.3) is 17.2 Å². The van der Waals surface area contributed by atoms with Crippen LogP contribution in [-0.4, -0.2) is 0 Å². The quantitative estimate of drug-likeness (QED) is 0.643. The van der Waals surface area contributed by atoms with Crippen molar-refractivity contribution in [1.82, 2.24) is 0 Å².